The lowest BCUT2D eigenvalue weighted by atomic mass is 9.94. The fourth-order valence-corrected chi connectivity index (χ4v) is 5.31. The molecule has 0 spiro atoms. The van der Waals surface area contributed by atoms with Gasteiger partial charge in [0.05, 0.1) is 16.6 Å². The van der Waals surface area contributed by atoms with Crippen molar-refractivity contribution in [2.75, 3.05) is 33.2 Å². The molecule has 2 aromatic carbocycles. The zero-order valence-electron chi connectivity index (χ0n) is 18.8. The Morgan fingerprint density at radius 3 is 2.25 bits per heavy atom. The highest BCUT2D eigenvalue weighted by atomic mass is 35.5. The van der Waals surface area contributed by atoms with E-state index in [9.17, 15) is 9.59 Å². The number of benzene rings is 2. The third-order valence-electron chi connectivity index (χ3n) is 6.84. The number of likely N-dealkylation sites (N-methyl/N-ethyl adjacent to an activating group) is 1. The number of amides is 2. The second-order valence-corrected chi connectivity index (χ2v) is 9.38. The molecule has 2 aliphatic rings. The van der Waals surface area contributed by atoms with E-state index in [1.807, 2.05) is 47.2 Å². The van der Waals surface area contributed by atoms with E-state index in [1.54, 1.807) is 12.1 Å². The number of rotatable bonds is 6. The van der Waals surface area contributed by atoms with Crippen molar-refractivity contribution in [3.05, 3.63) is 70.7 Å². The van der Waals surface area contributed by atoms with Crippen molar-refractivity contribution in [3.8, 4) is 0 Å². The van der Waals surface area contributed by atoms with E-state index in [4.69, 9.17) is 11.6 Å². The summed E-state index contributed by atoms with van der Waals surface area (Å²) in [6.07, 6.45) is 4.60. The number of carbonyl (C=O) groups is 2. The van der Waals surface area contributed by atoms with Gasteiger partial charge in [-0.05, 0) is 36.5 Å². The van der Waals surface area contributed by atoms with Crippen molar-refractivity contribution < 1.29 is 9.59 Å². The van der Waals surface area contributed by atoms with Crippen LogP contribution < -0.4 is 0 Å². The summed E-state index contributed by atoms with van der Waals surface area (Å²) in [6.45, 7) is 3.27. The number of halogens is 1. The average molecular weight is 454 g/mol. The molecular weight excluding hydrogens is 422 g/mol. The zero-order valence-corrected chi connectivity index (χ0v) is 19.5. The summed E-state index contributed by atoms with van der Waals surface area (Å²) in [5.74, 6) is 0.568. The molecule has 4 rings (SSSR count). The molecule has 1 saturated heterocycles. The maximum absolute atomic E-state index is 13.6. The van der Waals surface area contributed by atoms with E-state index >= 15 is 0 Å². The van der Waals surface area contributed by atoms with Crippen LogP contribution in [0.2, 0.25) is 5.02 Å². The summed E-state index contributed by atoms with van der Waals surface area (Å²) >= 11 is 6.24. The molecular formula is C26H32ClN3O2. The predicted octanol–water partition coefficient (Wildman–Crippen LogP) is 4.32. The SMILES string of the molecule is CN(Cc1ccccc1)C(=O)[C@H](C1CCCC1)N1CCN(C(=O)c2ccccc2Cl)CC1. The van der Waals surface area contributed by atoms with Crippen molar-refractivity contribution in [2.45, 2.75) is 38.3 Å². The van der Waals surface area contributed by atoms with Crippen molar-refractivity contribution in [1.82, 2.24) is 14.7 Å². The van der Waals surface area contributed by atoms with E-state index < -0.39 is 0 Å². The maximum Gasteiger partial charge on any atom is 0.255 e. The Morgan fingerprint density at radius 1 is 0.969 bits per heavy atom. The largest absolute Gasteiger partial charge is 0.340 e. The van der Waals surface area contributed by atoms with Crippen LogP contribution in [0.5, 0.6) is 0 Å². The molecule has 1 heterocycles. The van der Waals surface area contributed by atoms with E-state index in [0.29, 0.717) is 49.2 Å². The van der Waals surface area contributed by atoms with Gasteiger partial charge in [-0.1, -0.05) is 66.9 Å². The van der Waals surface area contributed by atoms with Gasteiger partial charge in [0.1, 0.15) is 0 Å². The molecule has 1 atom stereocenters. The average Bonchev–Trinajstić information content (AvgIpc) is 3.34. The third kappa shape index (κ3) is 5.16. The summed E-state index contributed by atoms with van der Waals surface area (Å²) in [6, 6.07) is 17.2. The third-order valence-corrected chi connectivity index (χ3v) is 7.17. The van der Waals surface area contributed by atoms with Crippen LogP contribution in [-0.2, 0) is 11.3 Å². The highest BCUT2D eigenvalue weighted by molar-refractivity contribution is 6.33. The Hall–Kier alpha value is -2.37. The van der Waals surface area contributed by atoms with Crippen LogP contribution in [-0.4, -0.2) is 65.8 Å². The monoisotopic (exact) mass is 453 g/mol. The minimum atomic E-state index is -0.108. The Morgan fingerprint density at radius 2 is 1.59 bits per heavy atom. The van der Waals surface area contributed by atoms with Gasteiger partial charge in [0, 0.05) is 39.8 Å². The van der Waals surface area contributed by atoms with E-state index in [2.05, 4.69) is 17.0 Å². The first-order valence-electron chi connectivity index (χ1n) is 11.6. The van der Waals surface area contributed by atoms with Gasteiger partial charge < -0.3 is 9.80 Å². The van der Waals surface area contributed by atoms with Crippen LogP contribution in [0.1, 0.15) is 41.6 Å². The predicted molar refractivity (Wildman–Crippen MR) is 128 cm³/mol. The number of carbonyl (C=O) groups excluding carboxylic acids is 2. The molecule has 6 heteroatoms. The topological polar surface area (TPSA) is 43.9 Å². The lowest BCUT2D eigenvalue weighted by molar-refractivity contribution is -0.139. The molecule has 170 valence electrons. The smallest absolute Gasteiger partial charge is 0.255 e. The fourth-order valence-electron chi connectivity index (χ4n) is 5.10. The van der Waals surface area contributed by atoms with E-state index in [-0.39, 0.29) is 17.9 Å². The van der Waals surface area contributed by atoms with Gasteiger partial charge in [0.25, 0.3) is 5.91 Å². The summed E-state index contributed by atoms with van der Waals surface area (Å²) in [7, 11) is 1.91. The van der Waals surface area contributed by atoms with Gasteiger partial charge in [-0.3, -0.25) is 14.5 Å². The summed E-state index contributed by atoms with van der Waals surface area (Å²) < 4.78 is 0. The molecule has 0 N–H and O–H groups in total. The first kappa shape index (κ1) is 22.8. The van der Waals surface area contributed by atoms with Crippen molar-refractivity contribution >= 4 is 23.4 Å². The molecule has 2 aromatic rings. The first-order chi connectivity index (χ1) is 15.5. The summed E-state index contributed by atoms with van der Waals surface area (Å²) in [5, 5.41) is 0.487. The van der Waals surface area contributed by atoms with Gasteiger partial charge in [0.15, 0.2) is 0 Å². The van der Waals surface area contributed by atoms with Gasteiger partial charge in [-0.25, -0.2) is 0 Å². The van der Waals surface area contributed by atoms with Crippen molar-refractivity contribution in [1.29, 1.82) is 0 Å². The van der Waals surface area contributed by atoms with Gasteiger partial charge >= 0.3 is 0 Å². The van der Waals surface area contributed by atoms with Gasteiger partial charge in [-0.2, -0.15) is 0 Å². The molecule has 2 fully saturated rings. The highest BCUT2D eigenvalue weighted by Crippen LogP contribution is 2.32. The quantitative estimate of drug-likeness (QED) is 0.654. The molecule has 2 amide bonds. The number of nitrogens with zero attached hydrogens (tertiary/aromatic N) is 3. The molecule has 1 aliphatic heterocycles. The number of hydrogen-bond donors (Lipinski definition) is 0. The Kier molecular flexibility index (Phi) is 7.48. The molecule has 1 saturated carbocycles. The van der Waals surface area contributed by atoms with Crippen LogP contribution in [0.4, 0.5) is 0 Å². The standard InChI is InChI=1S/C26H32ClN3O2/c1-28(19-20-9-3-2-4-10-20)26(32)24(21-11-5-6-12-21)29-15-17-30(18-16-29)25(31)22-13-7-8-14-23(22)27/h2-4,7-10,13-14,21,24H,5-6,11-12,15-19H2,1H3/t24-/m0/s1. The normalized spacial score (nSPS) is 18.5. The minimum Gasteiger partial charge on any atom is -0.340 e. The van der Waals surface area contributed by atoms with Gasteiger partial charge in [0.2, 0.25) is 5.91 Å². The lowest BCUT2D eigenvalue weighted by Gasteiger charge is -2.42. The second kappa shape index (κ2) is 10.5. The maximum atomic E-state index is 13.6. The molecule has 0 unspecified atom stereocenters. The van der Waals surface area contributed by atoms with Crippen LogP contribution in [0.15, 0.2) is 54.6 Å². The second-order valence-electron chi connectivity index (χ2n) is 8.98. The minimum absolute atomic E-state index is 0.0276. The highest BCUT2D eigenvalue weighted by Gasteiger charge is 2.38. The summed E-state index contributed by atoms with van der Waals surface area (Å²) in [5.41, 5.74) is 1.69. The molecule has 1 aliphatic carbocycles. The molecule has 0 aromatic heterocycles. The van der Waals surface area contributed by atoms with Crippen molar-refractivity contribution in [3.63, 3.8) is 0 Å². The first-order valence-corrected chi connectivity index (χ1v) is 12.0. The Labute approximate surface area is 195 Å². The van der Waals surface area contributed by atoms with Gasteiger partial charge in [-0.15, -0.1) is 0 Å². The van der Waals surface area contributed by atoms with Crippen LogP contribution in [0, 0.1) is 5.92 Å². The summed E-state index contributed by atoms with van der Waals surface area (Å²) in [4.78, 5) is 32.6. The van der Waals surface area contributed by atoms with Crippen LogP contribution in [0.25, 0.3) is 0 Å². The molecule has 0 bridgehead atoms. The fraction of sp³-hybridized carbons (Fsp3) is 0.462. The lowest BCUT2D eigenvalue weighted by Crippen LogP contribution is -2.58. The Bertz CT molecular complexity index is 922. The number of hydrogen-bond acceptors (Lipinski definition) is 3. The zero-order chi connectivity index (χ0) is 22.5. The molecule has 0 radical (unpaired) electrons. The molecule has 32 heavy (non-hydrogen) atoms. The molecule has 5 nitrogen and oxygen atoms in total. The van der Waals surface area contributed by atoms with Crippen LogP contribution in [0.3, 0.4) is 0 Å². The van der Waals surface area contributed by atoms with Crippen molar-refractivity contribution in [2.24, 2.45) is 5.92 Å². The Balaban J connectivity index is 1.43. The van der Waals surface area contributed by atoms with E-state index in [1.165, 1.54) is 12.8 Å². The van der Waals surface area contributed by atoms with E-state index in [0.717, 1.165) is 18.4 Å². The van der Waals surface area contributed by atoms with Crippen LogP contribution >= 0.6 is 11.6 Å². The number of piperazine rings is 1.